The lowest BCUT2D eigenvalue weighted by molar-refractivity contribution is 0.0992. The van der Waals surface area contributed by atoms with Gasteiger partial charge in [0, 0.05) is 7.11 Å². The van der Waals surface area contributed by atoms with E-state index in [9.17, 15) is 9.59 Å². The Morgan fingerprint density at radius 2 is 2.00 bits per heavy atom. The van der Waals surface area contributed by atoms with Gasteiger partial charge in [0.15, 0.2) is 0 Å². The number of thiophene rings is 1. The molecule has 1 fully saturated rings. The van der Waals surface area contributed by atoms with Crippen molar-refractivity contribution in [3.8, 4) is 0 Å². The maximum atomic E-state index is 11.5. The number of amides is 2. The van der Waals surface area contributed by atoms with Crippen LogP contribution in [-0.4, -0.2) is 31.1 Å². The third-order valence-corrected chi connectivity index (χ3v) is 4.64. The van der Waals surface area contributed by atoms with E-state index in [0.29, 0.717) is 5.00 Å². The van der Waals surface area contributed by atoms with Crippen LogP contribution in [0.1, 0.15) is 39.3 Å². The number of carbonyl (C=O) groups is 2. The van der Waals surface area contributed by atoms with Crippen molar-refractivity contribution in [3.05, 3.63) is 10.4 Å². The summed E-state index contributed by atoms with van der Waals surface area (Å²) >= 11 is 1.05. The zero-order chi connectivity index (χ0) is 14.9. The highest BCUT2D eigenvalue weighted by molar-refractivity contribution is 7.19. The minimum absolute atomic E-state index is 0.0458. The molecule has 0 bridgehead atoms. The van der Waals surface area contributed by atoms with Gasteiger partial charge in [0.2, 0.25) is 0 Å². The van der Waals surface area contributed by atoms with E-state index >= 15 is 0 Å². The van der Waals surface area contributed by atoms with E-state index in [1.807, 2.05) is 0 Å². The molecule has 20 heavy (non-hydrogen) atoms. The summed E-state index contributed by atoms with van der Waals surface area (Å²) in [6.45, 7) is 0. The number of methoxy groups -OCH3 is 1. The van der Waals surface area contributed by atoms with Crippen LogP contribution >= 0.6 is 11.3 Å². The Bertz CT molecular complexity index is 543. The van der Waals surface area contributed by atoms with Crippen molar-refractivity contribution < 1.29 is 14.3 Å². The molecule has 1 heterocycles. The second-order valence-electron chi connectivity index (χ2n) is 4.73. The predicted molar refractivity (Wildman–Crippen MR) is 77.8 cm³/mol. The molecule has 0 spiro atoms. The fourth-order valence-electron chi connectivity index (χ4n) is 2.51. The predicted octanol–water partition coefficient (Wildman–Crippen LogP) is 0.508. The zero-order valence-corrected chi connectivity index (χ0v) is 12.0. The number of rotatable bonds is 5. The topological polar surface area (TPSA) is 133 Å². The van der Waals surface area contributed by atoms with E-state index in [1.165, 1.54) is 0 Å². The van der Waals surface area contributed by atoms with Gasteiger partial charge in [-0.15, -0.1) is 11.3 Å². The van der Waals surface area contributed by atoms with Crippen molar-refractivity contribution in [1.29, 1.82) is 0 Å². The molecule has 1 aromatic heterocycles. The monoisotopic (exact) mass is 298 g/mol. The van der Waals surface area contributed by atoms with Gasteiger partial charge < -0.3 is 27.3 Å². The van der Waals surface area contributed by atoms with Crippen molar-refractivity contribution in [2.24, 2.45) is 11.5 Å². The van der Waals surface area contributed by atoms with Crippen LogP contribution in [0.2, 0.25) is 0 Å². The average Bonchev–Trinajstić information content (AvgIpc) is 2.94. The zero-order valence-electron chi connectivity index (χ0n) is 11.1. The second kappa shape index (κ2) is 5.68. The molecule has 7 N–H and O–H groups in total. The normalized spacial score (nSPS) is 21.9. The van der Waals surface area contributed by atoms with Crippen LogP contribution < -0.4 is 22.5 Å². The average molecular weight is 298 g/mol. The maximum absolute atomic E-state index is 11.5. The summed E-state index contributed by atoms with van der Waals surface area (Å²) in [6, 6.07) is 0.0666. The van der Waals surface area contributed by atoms with Gasteiger partial charge in [0.1, 0.15) is 9.88 Å². The highest BCUT2D eigenvalue weighted by atomic mass is 32.1. The van der Waals surface area contributed by atoms with Gasteiger partial charge in [-0.25, -0.2) is 0 Å². The first kappa shape index (κ1) is 14.6. The molecule has 1 aliphatic carbocycles. The van der Waals surface area contributed by atoms with Crippen LogP contribution in [0.25, 0.3) is 0 Å². The number of carbonyl (C=O) groups excluding carboxylic acids is 2. The maximum Gasteiger partial charge on any atom is 0.260 e. The van der Waals surface area contributed by atoms with Crippen molar-refractivity contribution in [2.75, 3.05) is 18.2 Å². The summed E-state index contributed by atoms with van der Waals surface area (Å²) in [6.07, 6.45) is 2.96. The van der Waals surface area contributed by atoms with Gasteiger partial charge in [-0.05, 0) is 19.3 Å². The molecule has 2 atom stereocenters. The van der Waals surface area contributed by atoms with Crippen LogP contribution in [0.4, 0.5) is 10.7 Å². The summed E-state index contributed by atoms with van der Waals surface area (Å²) in [5.41, 5.74) is 16.5. The highest BCUT2D eigenvalue weighted by Gasteiger charge is 2.30. The molecular weight excluding hydrogens is 280 g/mol. The molecule has 1 aliphatic rings. The van der Waals surface area contributed by atoms with Crippen LogP contribution in [0.5, 0.6) is 0 Å². The Balaban J connectivity index is 2.33. The van der Waals surface area contributed by atoms with E-state index in [1.54, 1.807) is 7.11 Å². The van der Waals surface area contributed by atoms with E-state index in [-0.39, 0.29) is 28.3 Å². The third kappa shape index (κ3) is 2.56. The van der Waals surface area contributed by atoms with Crippen molar-refractivity contribution >= 4 is 33.8 Å². The number of hydrogen-bond acceptors (Lipinski definition) is 6. The fraction of sp³-hybridized carbons (Fsp3) is 0.500. The Hall–Kier alpha value is -1.80. The van der Waals surface area contributed by atoms with Gasteiger partial charge in [-0.3, -0.25) is 9.59 Å². The van der Waals surface area contributed by atoms with Crippen LogP contribution in [-0.2, 0) is 4.74 Å². The SMILES string of the molecule is COC1CCCC1Nc1sc(C(N)=O)c(N)c1C(N)=O. The summed E-state index contributed by atoms with van der Waals surface area (Å²) in [4.78, 5) is 23.0. The van der Waals surface area contributed by atoms with E-state index in [0.717, 1.165) is 30.6 Å². The minimum Gasteiger partial charge on any atom is -0.397 e. The molecule has 1 saturated carbocycles. The summed E-state index contributed by atoms with van der Waals surface area (Å²) in [7, 11) is 1.65. The molecule has 7 nitrogen and oxygen atoms in total. The van der Waals surface area contributed by atoms with Gasteiger partial charge >= 0.3 is 0 Å². The van der Waals surface area contributed by atoms with Crippen LogP contribution in [0.15, 0.2) is 0 Å². The first-order valence-corrected chi connectivity index (χ1v) is 7.08. The molecule has 0 saturated heterocycles. The first-order valence-electron chi connectivity index (χ1n) is 6.26. The lowest BCUT2D eigenvalue weighted by Crippen LogP contribution is -2.30. The van der Waals surface area contributed by atoms with Gasteiger partial charge in [-0.2, -0.15) is 0 Å². The molecule has 110 valence electrons. The van der Waals surface area contributed by atoms with Crippen molar-refractivity contribution in [1.82, 2.24) is 0 Å². The molecule has 2 amide bonds. The lowest BCUT2D eigenvalue weighted by Gasteiger charge is -2.20. The number of nitrogens with two attached hydrogens (primary N) is 3. The highest BCUT2D eigenvalue weighted by Crippen LogP contribution is 2.37. The standard InChI is InChI=1S/C12H18N4O3S/c1-19-6-4-2-3-5(6)16-12-7(10(14)17)8(13)9(20-12)11(15)18/h5-6,16H,2-4,13H2,1H3,(H2,14,17)(H2,15,18). The number of nitrogens with one attached hydrogen (secondary N) is 1. The summed E-state index contributed by atoms with van der Waals surface area (Å²) in [5.74, 6) is -1.35. The Kier molecular flexibility index (Phi) is 4.15. The van der Waals surface area contributed by atoms with Crippen molar-refractivity contribution in [3.63, 3.8) is 0 Å². The Morgan fingerprint density at radius 1 is 1.30 bits per heavy atom. The molecule has 0 aliphatic heterocycles. The van der Waals surface area contributed by atoms with Crippen LogP contribution in [0, 0.1) is 0 Å². The smallest absolute Gasteiger partial charge is 0.260 e. The molecule has 2 unspecified atom stereocenters. The fourth-order valence-corrected chi connectivity index (χ4v) is 3.55. The number of ether oxygens (including phenoxy) is 1. The first-order chi connectivity index (χ1) is 9.45. The minimum atomic E-state index is -0.680. The Labute approximate surface area is 120 Å². The van der Waals surface area contributed by atoms with Gasteiger partial charge in [0.05, 0.1) is 23.4 Å². The molecule has 0 radical (unpaired) electrons. The molecular formula is C12H18N4O3S. The van der Waals surface area contributed by atoms with Gasteiger partial charge in [-0.1, -0.05) is 0 Å². The van der Waals surface area contributed by atoms with E-state index < -0.39 is 11.8 Å². The van der Waals surface area contributed by atoms with E-state index in [4.69, 9.17) is 21.9 Å². The number of primary amides is 2. The lowest BCUT2D eigenvalue weighted by atomic mass is 10.2. The third-order valence-electron chi connectivity index (χ3n) is 3.49. The molecule has 0 aromatic carbocycles. The Morgan fingerprint density at radius 3 is 2.55 bits per heavy atom. The largest absolute Gasteiger partial charge is 0.397 e. The second-order valence-corrected chi connectivity index (χ2v) is 5.75. The van der Waals surface area contributed by atoms with Crippen LogP contribution in [0.3, 0.4) is 0 Å². The molecule has 8 heteroatoms. The summed E-state index contributed by atoms with van der Waals surface area (Å²) < 4.78 is 5.38. The number of anilines is 2. The summed E-state index contributed by atoms with van der Waals surface area (Å²) in [5, 5.41) is 3.70. The number of nitrogen functional groups attached to an aromatic ring is 1. The quantitative estimate of drug-likeness (QED) is 0.628. The van der Waals surface area contributed by atoms with Gasteiger partial charge in [0.25, 0.3) is 11.8 Å². The van der Waals surface area contributed by atoms with Crippen molar-refractivity contribution in [2.45, 2.75) is 31.4 Å². The molecule has 2 rings (SSSR count). The van der Waals surface area contributed by atoms with E-state index in [2.05, 4.69) is 5.32 Å². The number of hydrogen-bond donors (Lipinski definition) is 4. The molecule has 1 aromatic rings.